The van der Waals surface area contributed by atoms with Gasteiger partial charge in [-0.05, 0) is 117 Å². The number of fused-ring (bicyclic) bond motifs is 5. The molecule has 232 valence electrons. The minimum atomic E-state index is -0.842. The van der Waals surface area contributed by atoms with Gasteiger partial charge in [-0.3, -0.25) is 0 Å². The Labute approximate surface area is 319 Å². The van der Waals surface area contributed by atoms with Crippen LogP contribution >= 0.6 is 0 Å². The molecule has 0 spiro atoms. The van der Waals surface area contributed by atoms with Crippen LogP contribution in [0.4, 0.5) is 0 Å². The first-order valence-corrected chi connectivity index (χ1v) is 15.7. The molecule has 0 saturated heterocycles. The van der Waals surface area contributed by atoms with Crippen LogP contribution in [-0.4, -0.2) is 0 Å². The maximum atomic E-state index is 10.2. The van der Waals surface area contributed by atoms with Gasteiger partial charge in [-0.2, -0.15) is 0 Å². The molecular weight excluding hydrogens is 601 g/mol. The van der Waals surface area contributed by atoms with Crippen LogP contribution < -0.4 is 0 Å². The summed E-state index contributed by atoms with van der Waals surface area (Å²) in [6.07, 6.45) is 0. The predicted molar refractivity (Wildman–Crippen MR) is 216 cm³/mol. The van der Waals surface area contributed by atoms with Gasteiger partial charge in [0.2, 0.25) is 0 Å². The molecule has 50 heavy (non-hydrogen) atoms. The quantitative estimate of drug-likeness (QED) is 0.166. The maximum Gasteiger partial charge on any atom is 0.0636 e. The molecule has 0 heteroatoms. The highest BCUT2D eigenvalue weighted by molar-refractivity contribution is 6.24. The largest absolute Gasteiger partial charge is 0.0636 e. The van der Waals surface area contributed by atoms with Crippen LogP contribution in [0.5, 0.6) is 0 Å². The Bertz CT molecular complexity index is 4050. The maximum absolute atomic E-state index is 10.2. The van der Waals surface area contributed by atoms with Crippen molar-refractivity contribution in [3.63, 3.8) is 0 Å². The SMILES string of the molecule is [2H]c1cc2c([2H])c([2H])c([2H])c([2H])c2c(-c2c3c([2H])c([2H])c([2H])c([2H])c3c(-c3ccc(-c4ccc5ccccc5c4)cc3)c3c([2H])c([2H])c(-c4c([2H])c([2H])c5c([2H])c([2H])c([2H])c([2H])c5c4[2H])c([2H])c23)c1[2H]. The second-order valence-electron chi connectivity index (χ2n) is 11.7. The molecule has 0 unspecified atom stereocenters. The van der Waals surface area contributed by atoms with Crippen LogP contribution in [-0.2, 0) is 0 Å². The van der Waals surface area contributed by atoms with Gasteiger partial charge in [0, 0.05) is 0 Å². The van der Waals surface area contributed by atoms with E-state index in [9.17, 15) is 12.3 Å². The smallest absolute Gasteiger partial charge is 0.0616 e. The molecule has 0 atom stereocenters. The summed E-state index contributed by atoms with van der Waals surface area (Å²) in [5, 5.41) is -1.01. The summed E-state index contributed by atoms with van der Waals surface area (Å²) in [6.45, 7) is 0. The second kappa shape index (κ2) is 11.6. The Balaban J connectivity index is 1.47. The van der Waals surface area contributed by atoms with Gasteiger partial charge in [-0.25, -0.2) is 0 Å². The van der Waals surface area contributed by atoms with Crippen molar-refractivity contribution < 1.29 is 27.4 Å². The highest BCUT2D eigenvalue weighted by Crippen LogP contribution is 2.46. The van der Waals surface area contributed by atoms with Gasteiger partial charge in [0.1, 0.15) is 0 Å². The summed E-state index contributed by atoms with van der Waals surface area (Å²) in [5.74, 6) is 0. The molecule has 0 aliphatic carbocycles. The molecule has 0 aliphatic rings. The molecule has 10 aromatic rings. The van der Waals surface area contributed by atoms with E-state index in [2.05, 4.69) is 0 Å². The summed E-state index contributed by atoms with van der Waals surface area (Å²) < 4.78 is 182. The van der Waals surface area contributed by atoms with Crippen molar-refractivity contribution in [3.05, 3.63) is 194 Å². The van der Waals surface area contributed by atoms with Crippen LogP contribution in [0.3, 0.4) is 0 Å². The summed E-state index contributed by atoms with van der Waals surface area (Å²) in [6, 6.07) is 6.89. The Morgan fingerprint density at radius 3 is 1.76 bits per heavy atom. The monoisotopic (exact) mass is 652 g/mol. The van der Waals surface area contributed by atoms with E-state index in [1.165, 1.54) is 0 Å². The fourth-order valence-corrected chi connectivity index (χ4v) is 6.54. The van der Waals surface area contributed by atoms with Gasteiger partial charge in [-0.1, -0.05) is 175 Å². The van der Waals surface area contributed by atoms with Crippen molar-refractivity contribution in [2.24, 2.45) is 0 Å². The normalized spacial score (nSPS) is 17.2. The lowest BCUT2D eigenvalue weighted by Crippen LogP contribution is -1.92. The third-order valence-electron chi connectivity index (χ3n) is 8.89. The Morgan fingerprint density at radius 2 is 0.920 bits per heavy atom. The molecule has 0 radical (unpaired) electrons. The molecule has 0 fully saturated rings. The third kappa shape index (κ3) is 4.69. The zero-order valence-corrected chi connectivity index (χ0v) is 25.9. The fraction of sp³-hybridized carbons (Fsp3) is 0. The van der Waals surface area contributed by atoms with E-state index in [1.54, 1.807) is 24.3 Å². The van der Waals surface area contributed by atoms with Gasteiger partial charge in [0.25, 0.3) is 0 Å². The van der Waals surface area contributed by atoms with Gasteiger partial charge in [0.15, 0.2) is 0 Å². The van der Waals surface area contributed by atoms with E-state index < -0.39 is 159 Å². The average molecular weight is 653 g/mol. The molecule has 0 heterocycles. The standard InChI is InChI=1S/C50H32/c1-3-13-38-30-40(26-22-33(38)10-1)35-20-24-37(25-21-35)49-45-17-7-8-18-46(45)50(44-19-9-15-36-12-5-6-16-43(36)44)48-32-42(28-29-47(48)49)41-27-23-34-11-2-4-14-39(34)31-41/h1-32H/i2D,4D,5D,6D,7D,8D,9D,11D,12D,14D,16D,17D,18D,19D,23D,27D,28D,29D,31D,32D. The molecule has 10 aromatic carbocycles. The zero-order chi connectivity index (χ0) is 50.4. The number of hydrogen-bond donors (Lipinski definition) is 0. The number of rotatable bonds is 4. The van der Waals surface area contributed by atoms with E-state index >= 15 is 0 Å². The van der Waals surface area contributed by atoms with Crippen molar-refractivity contribution in [1.82, 2.24) is 0 Å². The average Bonchev–Trinajstić information content (AvgIpc) is 3.35. The molecule has 0 aromatic heterocycles. The third-order valence-corrected chi connectivity index (χ3v) is 8.89. The minimum absolute atomic E-state index is 0.0740. The fourth-order valence-electron chi connectivity index (χ4n) is 6.54. The molecule has 0 saturated carbocycles. The molecule has 0 amide bonds. The van der Waals surface area contributed by atoms with Crippen LogP contribution in [0.1, 0.15) is 27.4 Å². The first kappa shape index (κ1) is 14.9. The van der Waals surface area contributed by atoms with E-state index in [1.807, 2.05) is 42.5 Å². The minimum Gasteiger partial charge on any atom is -0.0616 e. The molecule has 0 bridgehead atoms. The number of benzene rings is 10. The van der Waals surface area contributed by atoms with Crippen LogP contribution in [0.15, 0.2) is 194 Å². The van der Waals surface area contributed by atoms with Gasteiger partial charge in [0.05, 0.1) is 27.4 Å². The Hall–Kier alpha value is -6.50. The molecule has 0 aliphatic heterocycles. The van der Waals surface area contributed by atoms with Crippen molar-refractivity contribution in [2.45, 2.75) is 0 Å². The van der Waals surface area contributed by atoms with E-state index in [4.69, 9.17) is 15.1 Å². The van der Waals surface area contributed by atoms with Gasteiger partial charge >= 0.3 is 0 Å². The topological polar surface area (TPSA) is 0 Å². The lowest BCUT2D eigenvalue weighted by molar-refractivity contribution is 1.62. The predicted octanol–water partition coefficient (Wildman–Crippen LogP) is 14.1. The number of hydrogen-bond acceptors (Lipinski definition) is 0. The van der Waals surface area contributed by atoms with E-state index in [-0.39, 0.29) is 38.1 Å². The van der Waals surface area contributed by atoms with E-state index in [0.29, 0.717) is 0 Å². The molecule has 0 N–H and O–H groups in total. The summed E-state index contributed by atoms with van der Waals surface area (Å²) in [5.41, 5.74) is -0.515. The first-order chi connectivity index (χ1) is 33.1. The lowest BCUT2D eigenvalue weighted by atomic mass is 9.83. The second-order valence-corrected chi connectivity index (χ2v) is 11.7. The van der Waals surface area contributed by atoms with Crippen molar-refractivity contribution >= 4 is 53.9 Å². The van der Waals surface area contributed by atoms with Crippen molar-refractivity contribution in [3.8, 4) is 44.5 Å². The lowest BCUT2D eigenvalue weighted by Gasteiger charge is -2.20. The van der Waals surface area contributed by atoms with Crippen LogP contribution in [0.2, 0.25) is 0 Å². The molecule has 0 nitrogen and oxygen atoms in total. The van der Waals surface area contributed by atoms with Crippen LogP contribution in [0.25, 0.3) is 98.4 Å². The molecule has 10 rings (SSSR count). The highest BCUT2D eigenvalue weighted by Gasteiger charge is 2.19. The van der Waals surface area contributed by atoms with Crippen molar-refractivity contribution in [1.29, 1.82) is 0 Å². The van der Waals surface area contributed by atoms with Gasteiger partial charge in [-0.15, -0.1) is 0 Å². The van der Waals surface area contributed by atoms with Crippen LogP contribution in [0, 0.1) is 0 Å². The summed E-state index contributed by atoms with van der Waals surface area (Å²) in [7, 11) is 0. The van der Waals surface area contributed by atoms with E-state index in [0.717, 1.165) is 28.0 Å². The first-order valence-electron chi connectivity index (χ1n) is 25.7. The Morgan fingerprint density at radius 1 is 0.300 bits per heavy atom. The molecular formula is C50H32. The summed E-state index contributed by atoms with van der Waals surface area (Å²) in [4.78, 5) is 0. The highest BCUT2D eigenvalue weighted by atomic mass is 14.2. The Kier molecular flexibility index (Phi) is 3.46. The van der Waals surface area contributed by atoms with Gasteiger partial charge < -0.3 is 0 Å². The van der Waals surface area contributed by atoms with Crippen molar-refractivity contribution in [2.75, 3.05) is 0 Å². The summed E-state index contributed by atoms with van der Waals surface area (Å²) >= 11 is 0. The zero-order valence-electron chi connectivity index (χ0n) is 45.9.